The molecule has 38 heavy (non-hydrogen) atoms. The molecule has 0 spiro atoms. The predicted octanol–water partition coefficient (Wildman–Crippen LogP) is 10.2. The molecular formula is C32H53F4NO. The number of aromatic nitrogens is 1. The summed E-state index contributed by atoms with van der Waals surface area (Å²) in [7, 11) is 0. The summed E-state index contributed by atoms with van der Waals surface area (Å²) in [5, 5.41) is 0. The van der Waals surface area contributed by atoms with E-state index in [1.54, 1.807) is 13.8 Å². The van der Waals surface area contributed by atoms with E-state index in [0.717, 1.165) is 49.4 Å². The Morgan fingerprint density at radius 3 is 2.26 bits per heavy atom. The van der Waals surface area contributed by atoms with E-state index in [1.807, 2.05) is 13.8 Å². The lowest BCUT2D eigenvalue weighted by molar-refractivity contribution is -0.137. The maximum absolute atomic E-state index is 12.9. The summed E-state index contributed by atoms with van der Waals surface area (Å²) in [5.74, 6) is 2.82. The van der Waals surface area contributed by atoms with Crippen molar-refractivity contribution in [3.05, 3.63) is 29.1 Å². The van der Waals surface area contributed by atoms with Gasteiger partial charge in [-0.25, -0.2) is 4.39 Å². The molecule has 6 unspecified atom stereocenters. The predicted molar refractivity (Wildman–Crippen MR) is 150 cm³/mol. The molecular weight excluding hydrogens is 490 g/mol. The molecule has 2 nitrogen and oxygen atoms in total. The Morgan fingerprint density at radius 1 is 1.16 bits per heavy atom. The second-order valence-corrected chi connectivity index (χ2v) is 11.8. The van der Waals surface area contributed by atoms with Crippen LogP contribution in [-0.2, 0) is 23.8 Å². The van der Waals surface area contributed by atoms with Crippen LogP contribution in [0.1, 0.15) is 130 Å². The Balaban J connectivity index is 0.000000289. The van der Waals surface area contributed by atoms with Crippen LogP contribution in [0.15, 0.2) is 12.3 Å². The molecule has 6 heteroatoms. The molecule has 0 aliphatic heterocycles. The standard InChI is InChI=1S/C11H14F3N.C11H18O.C10H21F/c1-3-5-10-8(4-2)6-9(7-15-10)11(12,13)14;1-8-6-10-4-3-5-11(10,7-8)9(2)12;1-5-7-8(3)10(6-2)9(4)11/h6-7H,3-5H2,1-2H3;8,10H,3-7H2,1-2H3;8-10H,5-7H2,1-4H3. The highest BCUT2D eigenvalue weighted by atomic mass is 19.4. The van der Waals surface area contributed by atoms with Crippen LogP contribution in [-0.4, -0.2) is 16.9 Å². The fourth-order valence-corrected chi connectivity index (χ4v) is 6.87. The normalized spacial score (nSPS) is 24.8. The molecule has 0 N–H and O–H groups in total. The van der Waals surface area contributed by atoms with Gasteiger partial charge in [0.05, 0.1) is 5.56 Å². The van der Waals surface area contributed by atoms with Gasteiger partial charge in [0.1, 0.15) is 12.0 Å². The maximum Gasteiger partial charge on any atom is 0.417 e. The number of carbonyl (C=O) groups is 1. The lowest BCUT2D eigenvalue weighted by atomic mass is 9.77. The largest absolute Gasteiger partial charge is 0.417 e. The van der Waals surface area contributed by atoms with Crippen LogP contribution >= 0.6 is 0 Å². The van der Waals surface area contributed by atoms with Gasteiger partial charge in [-0.3, -0.25) is 9.78 Å². The summed E-state index contributed by atoms with van der Waals surface area (Å²) in [6, 6.07) is 1.21. The third-order valence-corrected chi connectivity index (χ3v) is 8.85. The topological polar surface area (TPSA) is 30.0 Å². The van der Waals surface area contributed by atoms with Crippen LogP contribution in [0.5, 0.6) is 0 Å². The van der Waals surface area contributed by atoms with Crippen LogP contribution in [0, 0.1) is 29.1 Å². The number of hydrogen-bond donors (Lipinski definition) is 0. The number of carbonyl (C=O) groups excluding carboxylic acids is 1. The van der Waals surface area contributed by atoms with Crippen molar-refractivity contribution in [1.29, 1.82) is 0 Å². The van der Waals surface area contributed by atoms with Gasteiger partial charge in [0, 0.05) is 17.3 Å². The lowest BCUT2D eigenvalue weighted by Gasteiger charge is -2.25. The number of ketones is 1. The van der Waals surface area contributed by atoms with Gasteiger partial charge in [0.15, 0.2) is 0 Å². The van der Waals surface area contributed by atoms with Crippen molar-refractivity contribution in [1.82, 2.24) is 4.98 Å². The van der Waals surface area contributed by atoms with Crippen LogP contribution in [0.2, 0.25) is 0 Å². The van der Waals surface area contributed by atoms with Crippen molar-refractivity contribution in [3.63, 3.8) is 0 Å². The van der Waals surface area contributed by atoms with E-state index in [0.29, 0.717) is 23.7 Å². The minimum atomic E-state index is -4.29. The minimum Gasteiger partial charge on any atom is -0.299 e. The van der Waals surface area contributed by atoms with E-state index in [2.05, 4.69) is 32.7 Å². The fourth-order valence-electron chi connectivity index (χ4n) is 6.87. The van der Waals surface area contributed by atoms with Crippen molar-refractivity contribution in [3.8, 4) is 0 Å². The molecule has 3 rings (SSSR count). The summed E-state index contributed by atoms with van der Waals surface area (Å²) in [6.45, 7) is 16.0. The number of fused-ring (bicyclic) bond motifs is 1. The number of pyridine rings is 1. The van der Waals surface area contributed by atoms with Crippen molar-refractivity contribution >= 4 is 5.78 Å². The molecule has 0 aromatic carbocycles. The summed E-state index contributed by atoms with van der Waals surface area (Å²) >= 11 is 0. The first-order valence-electron chi connectivity index (χ1n) is 15.0. The Labute approximate surface area is 229 Å². The van der Waals surface area contributed by atoms with Gasteiger partial charge in [0.2, 0.25) is 0 Å². The number of halogens is 4. The molecule has 6 atom stereocenters. The summed E-state index contributed by atoms with van der Waals surface area (Å²) < 4.78 is 50.1. The van der Waals surface area contributed by atoms with E-state index in [4.69, 9.17) is 0 Å². The molecule has 0 amide bonds. The Bertz CT molecular complexity index is 837. The highest BCUT2D eigenvalue weighted by molar-refractivity contribution is 5.83. The molecule has 0 saturated heterocycles. The van der Waals surface area contributed by atoms with Gasteiger partial charge in [-0.15, -0.1) is 0 Å². The second-order valence-electron chi connectivity index (χ2n) is 11.8. The van der Waals surface area contributed by atoms with Gasteiger partial charge in [-0.1, -0.05) is 73.6 Å². The van der Waals surface area contributed by atoms with Crippen LogP contribution in [0.4, 0.5) is 17.6 Å². The van der Waals surface area contributed by atoms with Gasteiger partial charge < -0.3 is 0 Å². The fraction of sp³-hybridized carbons (Fsp3) is 0.812. The minimum absolute atomic E-state index is 0.138. The van der Waals surface area contributed by atoms with E-state index < -0.39 is 17.9 Å². The van der Waals surface area contributed by atoms with Gasteiger partial charge in [0.25, 0.3) is 0 Å². The van der Waals surface area contributed by atoms with E-state index in [9.17, 15) is 22.4 Å². The van der Waals surface area contributed by atoms with Crippen LogP contribution in [0.25, 0.3) is 0 Å². The molecule has 2 aliphatic rings. The SMILES string of the molecule is CC(=O)C12CCCC1CC(C)C2.CCCC(C)C(CC)C(C)F.CCCc1ncc(C(F)(F)F)cc1CC. The van der Waals surface area contributed by atoms with E-state index in [-0.39, 0.29) is 11.3 Å². The van der Waals surface area contributed by atoms with Crippen molar-refractivity contribution in [2.75, 3.05) is 0 Å². The zero-order valence-electron chi connectivity index (χ0n) is 25.2. The molecule has 1 aromatic heterocycles. The van der Waals surface area contributed by atoms with Crippen molar-refractivity contribution in [2.45, 2.75) is 138 Å². The maximum atomic E-state index is 12.9. The van der Waals surface area contributed by atoms with Crippen LogP contribution in [0.3, 0.4) is 0 Å². The van der Waals surface area contributed by atoms with Crippen LogP contribution < -0.4 is 0 Å². The number of hydrogen-bond acceptors (Lipinski definition) is 2. The highest BCUT2D eigenvalue weighted by Gasteiger charge is 2.51. The Kier molecular flexibility index (Phi) is 14.5. The summed E-state index contributed by atoms with van der Waals surface area (Å²) in [4.78, 5) is 15.5. The lowest BCUT2D eigenvalue weighted by Crippen LogP contribution is -2.28. The zero-order valence-corrected chi connectivity index (χ0v) is 25.2. The number of alkyl halides is 4. The first kappa shape index (κ1) is 34.6. The van der Waals surface area contributed by atoms with Gasteiger partial charge in [-0.2, -0.15) is 13.2 Å². The zero-order chi connectivity index (χ0) is 29.1. The van der Waals surface area contributed by atoms with E-state index in [1.165, 1.54) is 44.6 Å². The average Bonchev–Trinajstić information content (AvgIpc) is 3.37. The number of Topliss-reactive ketones (excluding diaryl/α,β-unsaturated/α-hetero) is 1. The van der Waals surface area contributed by atoms with Crippen molar-refractivity contribution in [2.24, 2.45) is 29.1 Å². The number of rotatable bonds is 9. The smallest absolute Gasteiger partial charge is 0.299 e. The quantitative estimate of drug-likeness (QED) is 0.290. The van der Waals surface area contributed by atoms with Crippen molar-refractivity contribution < 1.29 is 22.4 Å². The number of nitrogens with zero attached hydrogens (tertiary/aromatic N) is 1. The molecule has 0 bridgehead atoms. The van der Waals surface area contributed by atoms with Gasteiger partial charge in [-0.05, 0) is 87.7 Å². The second kappa shape index (κ2) is 16.0. The molecule has 1 heterocycles. The monoisotopic (exact) mass is 543 g/mol. The molecule has 1 aromatic rings. The average molecular weight is 544 g/mol. The third kappa shape index (κ3) is 9.62. The first-order valence-corrected chi connectivity index (χ1v) is 15.0. The molecule has 2 saturated carbocycles. The summed E-state index contributed by atoms with van der Waals surface area (Å²) in [6.07, 6.45) is 7.77. The summed E-state index contributed by atoms with van der Waals surface area (Å²) in [5.41, 5.74) is 0.971. The molecule has 0 radical (unpaired) electrons. The van der Waals surface area contributed by atoms with Gasteiger partial charge >= 0.3 is 6.18 Å². The Morgan fingerprint density at radius 2 is 1.82 bits per heavy atom. The Hall–Kier alpha value is -1.46. The molecule has 2 aliphatic carbocycles. The third-order valence-electron chi connectivity index (χ3n) is 8.85. The molecule has 2 fully saturated rings. The molecule has 220 valence electrons. The first-order chi connectivity index (χ1) is 17.8. The van der Waals surface area contributed by atoms with E-state index >= 15 is 0 Å². The highest BCUT2D eigenvalue weighted by Crippen LogP contribution is 2.56. The number of aryl methyl sites for hydroxylation is 2.